The highest BCUT2D eigenvalue weighted by atomic mass is 32.1. The molecule has 1 aliphatic rings. The summed E-state index contributed by atoms with van der Waals surface area (Å²) in [5.41, 5.74) is 0.531. The van der Waals surface area contributed by atoms with E-state index in [9.17, 15) is 10.1 Å². The molecule has 1 unspecified atom stereocenters. The summed E-state index contributed by atoms with van der Waals surface area (Å²) in [6.07, 6.45) is -0.153. The van der Waals surface area contributed by atoms with Gasteiger partial charge in [-0.25, -0.2) is 0 Å². The van der Waals surface area contributed by atoms with Crippen molar-refractivity contribution in [1.29, 1.82) is 0 Å². The Morgan fingerprint density at radius 2 is 2.38 bits per heavy atom. The third-order valence-electron chi connectivity index (χ3n) is 2.30. The van der Waals surface area contributed by atoms with Crippen LogP contribution in [0, 0.1) is 10.1 Å². The van der Waals surface area contributed by atoms with Crippen LogP contribution in [0.4, 0.5) is 5.69 Å². The highest BCUT2D eigenvalue weighted by Crippen LogP contribution is 2.32. The monoisotopic (exact) mass is 238 g/mol. The number of nitro groups is 1. The summed E-state index contributed by atoms with van der Waals surface area (Å²) < 4.78 is 5.53. The minimum absolute atomic E-state index is 0.0459. The van der Waals surface area contributed by atoms with E-state index in [0.717, 1.165) is 0 Å². The van der Waals surface area contributed by atoms with Gasteiger partial charge in [-0.1, -0.05) is 18.3 Å². The second-order valence-corrected chi connectivity index (χ2v) is 3.96. The van der Waals surface area contributed by atoms with Crippen molar-refractivity contribution in [3.8, 4) is 5.75 Å². The first-order valence-corrected chi connectivity index (χ1v) is 5.22. The smallest absolute Gasteiger partial charge is 0.311 e. The molecule has 16 heavy (non-hydrogen) atoms. The number of rotatable bonds is 1. The van der Waals surface area contributed by atoms with Crippen LogP contribution in [0.5, 0.6) is 5.75 Å². The molecular formula is C10H10N2O3S. The van der Waals surface area contributed by atoms with Gasteiger partial charge in [0.2, 0.25) is 5.75 Å². The van der Waals surface area contributed by atoms with E-state index in [1.807, 2.05) is 6.92 Å². The standard InChI is InChI=1S/C10H10N2O3S/c1-6-5-11-10(16)7-3-2-4-8(12(13)14)9(7)15-6/h2-4,6H,5H2,1H3,(H,11,16). The molecule has 0 bridgehead atoms. The maximum absolute atomic E-state index is 10.9. The molecule has 1 aromatic carbocycles. The average molecular weight is 238 g/mol. The second-order valence-electron chi connectivity index (χ2n) is 3.55. The lowest BCUT2D eigenvalue weighted by molar-refractivity contribution is -0.386. The van der Waals surface area contributed by atoms with Crippen molar-refractivity contribution < 1.29 is 9.66 Å². The van der Waals surface area contributed by atoms with E-state index in [4.69, 9.17) is 17.0 Å². The largest absolute Gasteiger partial charge is 0.481 e. The fraction of sp³-hybridized carbons (Fsp3) is 0.300. The van der Waals surface area contributed by atoms with Gasteiger partial charge in [-0.2, -0.15) is 0 Å². The highest BCUT2D eigenvalue weighted by Gasteiger charge is 2.25. The van der Waals surface area contributed by atoms with Crippen LogP contribution in [0.1, 0.15) is 12.5 Å². The molecule has 0 aromatic heterocycles. The Labute approximate surface area is 97.6 Å². The van der Waals surface area contributed by atoms with Gasteiger partial charge in [0.15, 0.2) is 0 Å². The summed E-state index contributed by atoms with van der Waals surface area (Å²) >= 11 is 5.13. The molecule has 1 aromatic rings. The minimum atomic E-state index is -0.459. The van der Waals surface area contributed by atoms with E-state index in [-0.39, 0.29) is 17.5 Å². The zero-order chi connectivity index (χ0) is 11.7. The van der Waals surface area contributed by atoms with Crippen molar-refractivity contribution in [1.82, 2.24) is 5.32 Å². The summed E-state index contributed by atoms with van der Waals surface area (Å²) in [6, 6.07) is 4.74. The van der Waals surface area contributed by atoms with Crippen LogP contribution in [0.25, 0.3) is 0 Å². The van der Waals surface area contributed by atoms with Gasteiger partial charge < -0.3 is 10.1 Å². The van der Waals surface area contributed by atoms with E-state index in [1.165, 1.54) is 6.07 Å². The van der Waals surface area contributed by atoms with E-state index in [1.54, 1.807) is 12.1 Å². The molecular weight excluding hydrogens is 228 g/mol. The first-order valence-electron chi connectivity index (χ1n) is 4.82. The van der Waals surface area contributed by atoms with Gasteiger partial charge in [0.05, 0.1) is 17.0 Å². The number of fused-ring (bicyclic) bond motifs is 1. The number of nitrogens with zero attached hydrogens (tertiary/aromatic N) is 1. The van der Waals surface area contributed by atoms with Gasteiger partial charge in [0.25, 0.3) is 0 Å². The maximum atomic E-state index is 10.9. The summed E-state index contributed by atoms with van der Waals surface area (Å²) in [6.45, 7) is 2.38. The molecule has 0 amide bonds. The topological polar surface area (TPSA) is 64.4 Å². The van der Waals surface area contributed by atoms with Gasteiger partial charge in [0.1, 0.15) is 11.1 Å². The van der Waals surface area contributed by atoms with Crippen LogP contribution >= 0.6 is 12.2 Å². The first kappa shape index (κ1) is 10.8. The van der Waals surface area contributed by atoms with Gasteiger partial charge in [-0.05, 0) is 13.0 Å². The number of nitro benzene ring substituents is 1. The van der Waals surface area contributed by atoms with Crippen LogP contribution < -0.4 is 10.1 Å². The van der Waals surface area contributed by atoms with Crippen molar-refractivity contribution in [3.63, 3.8) is 0 Å². The molecule has 2 rings (SSSR count). The van der Waals surface area contributed by atoms with E-state index >= 15 is 0 Å². The van der Waals surface area contributed by atoms with Crippen molar-refractivity contribution >= 4 is 22.9 Å². The van der Waals surface area contributed by atoms with Crippen LogP contribution in [-0.4, -0.2) is 22.6 Å². The molecule has 84 valence electrons. The van der Waals surface area contributed by atoms with Crippen molar-refractivity contribution in [2.24, 2.45) is 0 Å². The van der Waals surface area contributed by atoms with Gasteiger partial charge in [-0.15, -0.1) is 0 Å². The Hall–Kier alpha value is -1.69. The van der Waals surface area contributed by atoms with Gasteiger partial charge >= 0.3 is 5.69 Å². The molecule has 1 atom stereocenters. The third-order valence-corrected chi connectivity index (χ3v) is 2.67. The normalized spacial score (nSPS) is 19.1. The lowest BCUT2D eigenvalue weighted by atomic mass is 10.1. The molecule has 1 heterocycles. The van der Waals surface area contributed by atoms with E-state index in [0.29, 0.717) is 17.1 Å². The van der Waals surface area contributed by atoms with Crippen LogP contribution in [0.3, 0.4) is 0 Å². The Kier molecular flexibility index (Phi) is 2.74. The molecule has 6 heteroatoms. The molecule has 0 radical (unpaired) electrons. The van der Waals surface area contributed by atoms with E-state index < -0.39 is 4.92 Å². The van der Waals surface area contributed by atoms with Crippen molar-refractivity contribution in [2.75, 3.05) is 6.54 Å². The molecule has 5 nitrogen and oxygen atoms in total. The number of hydrogen-bond acceptors (Lipinski definition) is 4. The van der Waals surface area contributed by atoms with Gasteiger partial charge in [-0.3, -0.25) is 10.1 Å². The maximum Gasteiger partial charge on any atom is 0.311 e. The average Bonchev–Trinajstić information content (AvgIpc) is 2.38. The van der Waals surface area contributed by atoms with Crippen molar-refractivity contribution in [3.05, 3.63) is 33.9 Å². The lowest BCUT2D eigenvalue weighted by Gasteiger charge is -2.11. The number of ether oxygens (including phenoxy) is 1. The molecule has 1 aliphatic heterocycles. The quantitative estimate of drug-likeness (QED) is 0.458. The summed E-state index contributed by atoms with van der Waals surface area (Å²) in [4.78, 5) is 10.9. The summed E-state index contributed by atoms with van der Waals surface area (Å²) in [5.74, 6) is 0.259. The Morgan fingerprint density at radius 3 is 3.06 bits per heavy atom. The van der Waals surface area contributed by atoms with Crippen molar-refractivity contribution in [2.45, 2.75) is 13.0 Å². The molecule has 1 N–H and O–H groups in total. The minimum Gasteiger partial charge on any atom is -0.481 e. The van der Waals surface area contributed by atoms with Crippen LogP contribution in [0.2, 0.25) is 0 Å². The zero-order valence-electron chi connectivity index (χ0n) is 8.60. The Morgan fingerprint density at radius 1 is 1.62 bits per heavy atom. The highest BCUT2D eigenvalue weighted by molar-refractivity contribution is 7.80. The molecule has 0 fully saturated rings. The molecule has 0 aliphatic carbocycles. The first-order chi connectivity index (χ1) is 7.59. The molecule has 0 saturated heterocycles. The number of hydrogen-bond donors (Lipinski definition) is 1. The number of para-hydroxylation sites is 1. The lowest BCUT2D eigenvalue weighted by Crippen LogP contribution is -2.29. The SMILES string of the molecule is CC1CNC(=S)c2cccc([N+](=O)[O-])c2O1. The fourth-order valence-electron chi connectivity index (χ4n) is 1.55. The predicted molar refractivity (Wildman–Crippen MR) is 62.9 cm³/mol. The number of benzene rings is 1. The van der Waals surface area contributed by atoms with Gasteiger partial charge in [0, 0.05) is 6.07 Å². The fourth-order valence-corrected chi connectivity index (χ4v) is 1.79. The Balaban J connectivity index is 2.58. The zero-order valence-corrected chi connectivity index (χ0v) is 9.41. The summed E-state index contributed by atoms with van der Waals surface area (Å²) in [7, 11) is 0. The Bertz CT molecular complexity index is 461. The third kappa shape index (κ3) is 1.83. The molecule has 0 spiro atoms. The van der Waals surface area contributed by atoms with Crippen LogP contribution in [0.15, 0.2) is 18.2 Å². The number of thiocarbonyl (C=S) groups is 1. The predicted octanol–water partition coefficient (Wildman–Crippen LogP) is 1.64. The van der Waals surface area contributed by atoms with Crippen LogP contribution in [-0.2, 0) is 0 Å². The van der Waals surface area contributed by atoms with E-state index in [2.05, 4.69) is 5.32 Å². The molecule has 0 saturated carbocycles. The number of nitrogens with one attached hydrogen (secondary N) is 1. The second kappa shape index (κ2) is 4.05. The summed E-state index contributed by atoms with van der Waals surface area (Å²) in [5, 5.41) is 13.9.